The van der Waals surface area contributed by atoms with E-state index < -0.39 is 16.8 Å². The molecule has 0 amide bonds. The van der Waals surface area contributed by atoms with Crippen LogP contribution in [0.25, 0.3) is 5.57 Å². The van der Waals surface area contributed by atoms with E-state index in [4.69, 9.17) is 14.0 Å². The molecule has 2 atom stereocenters. The number of allylic oxidation sites excluding steroid dienone is 3. The van der Waals surface area contributed by atoms with Crippen molar-refractivity contribution in [2.24, 2.45) is 0 Å². The number of methoxy groups -OCH3 is 2. The summed E-state index contributed by atoms with van der Waals surface area (Å²) in [5, 5.41) is 28.8. The fourth-order valence-corrected chi connectivity index (χ4v) is 4.87. The summed E-state index contributed by atoms with van der Waals surface area (Å²) in [6.07, 6.45) is 0. The van der Waals surface area contributed by atoms with Crippen LogP contribution in [-0.2, 0) is 11.3 Å². The standard InChI is InChI=1S/C28H31N5O7/c1-15-24(26(25(28(34)35)16(2)29-15)19-8-7-9-20(12-19)33(36)37)27-30-23(31-40-27)14-32(4)17(3)18-10-11-21(38-5)22(13-18)39-6/h7-13,17,26,29H,14H2,1-6H3,(H,34,35). The maximum atomic E-state index is 12.4. The van der Waals surface area contributed by atoms with Crippen LogP contribution in [-0.4, -0.2) is 52.3 Å². The fourth-order valence-electron chi connectivity index (χ4n) is 4.87. The number of non-ortho nitro benzene ring substituents is 1. The van der Waals surface area contributed by atoms with Crippen LogP contribution < -0.4 is 14.8 Å². The first kappa shape index (κ1) is 28.3. The number of carboxylic acids is 1. The van der Waals surface area contributed by atoms with E-state index in [-0.39, 0.29) is 23.2 Å². The normalized spacial score (nSPS) is 16.1. The molecular weight excluding hydrogens is 518 g/mol. The molecule has 3 aromatic rings. The fraction of sp³-hybridized carbons (Fsp3) is 0.321. The monoisotopic (exact) mass is 549 g/mol. The zero-order valence-electron chi connectivity index (χ0n) is 23.1. The van der Waals surface area contributed by atoms with E-state index in [0.29, 0.717) is 46.4 Å². The highest BCUT2D eigenvalue weighted by atomic mass is 16.6. The Morgan fingerprint density at radius 1 is 1.18 bits per heavy atom. The minimum absolute atomic E-state index is 0.0409. The molecule has 1 aliphatic rings. The molecule has 0 saturated carbocycles. The van der Waals surface area contributed by atoms with Crippen LogP contribution in [0.5, 0.6) is 11.5 Å². The van der Waals surface area contributed by atoms with Crippen LogP contribution >= 0.6 is 0 Å². The Kier molecular flexibility index (Phi) is 8.19. The van der Waals surface area contributed by atoms with E-state index in [9.17, 15) is 20.0 Å². The molecule has 2 aromatic carbocycles. The van der Waals surface area contributed by atoms with Crippen molar-refractivity contribution in [3.63, 3.8) is 0 Å². The van der Waals surface area contributed by atoms with E-state index >= 15 is 0 Å². The van der Waals surface area contributed by atoms with Crippen molar-refractivity contribution < 1.29 is 28.8 Å². The second-order valence-corrected chi connectivity index (χ2v) is 9.51. The maximum Gasteiger partial charge on any atom is 0.334 e. The molecule has 0 saturated heterocycles. The first-order valence-corrected chi connectivity index (χ1v) is 12.5. The molecule has 2 N–H and O–H groups in total. The molecule has 0 aliphatic carbocycles. The molecule has 0 spiro atoms. The summed E-state index contributed by atoms with van der Waals surface area (Å²) in [5.41, 5.74) is 2.80. The quantitative estimate of drug-likeness (QED) is 0.268. The van der Waals surface area contributed by atoms with Gasteiger partial charge < -0.3 is 24.4 Å². The molecule has 12 nitrogen and oxygen atoms in total. The Morgan fingerprint density at radius 3 is 2.55 bits per heavy atom. The first-order valence-electron chi connectivity index (χ1n) is 12.5. The van der Waals surface area contributed by atoms with Crippen LogP contribution in [0.1, 0.15) is 55.6 Å². The summed E-state index contributed by atoms with van der Waals surface area (Å²) in [6.45, 7) is 5.79. The Morgan fingerprint density at radius 2 is 1.90 bits per heavy atom. The van der Waals surface area contributed by atoms with Crippen molar-refractivity contribution in [2.45, 2.75) is 39.3 Å². The minimum Gasteiger partial charge on any atom is -0.493 e. The van der Waals surface area contributed by atoms with Gasteiger partial charge in [-0.1, -0.05) is 23.4 Å². The lowest BCUT2D eigenvalue weighted by atomic mass is 9.80. The summed E-state index contributed by atoms with van der Waals surface area (Å²) < 4.78 is 16.4. The van der Waals surface area contributed by atoms with Gasteiger partial charge in [0, 0.05) is 35.1 Å². The second kappa shape index (κ2) is 11.6. The third-order valence-corrected chi connectivity index (χ3v) is 7.05. The van der Waals surface area contributed by atoms with E-state index in [1.165, 1.54) is 18.2 Å². The molecule has 1 aliphatic heterocycles. The number of rotatable bonds is 10. The predicted octanol–water partition coefficient (Wildman–Crippen LogP) is 4.66. The van der Waals surface area contributed by atoms with Crippen molar-refractivity contribution in [1.29, 1.82) is 0 Å². The molecule has 2 unspecified atom stereocenters. The van der Waals surface area contributed by atoms with Crippen molar-refractivity contribution in [3.8, 4) is 11.5 Å². The number of hydrogen-bond acceptors (Lipinski definition) is 10. The number of nitro groups is 1. The van der Waals surface area contributed by atoms with Crippen molar-refractivity contribution >= 4 is 17.2 Å². The average Bonchev–Trinajstić information content (AvgIpc) is 3.39. The molecule has 0 bridgehead atoms. The predicted molar refractivity (Wildman–Crippen MR) is 146 cm³/mol. The van der Waals surface area contributed by atoms with Crippen LogP contribution in [0, 0.1) is 10.1 Å². The van der Waals surface area contributed by atoms with E-state index in [2.05, 4.69) is 15.5 Å². The first-order chi connectivity index (χ1) is 19.0. The summed E-state index contributed by atoms with van der Waals surface area (Å²) in [5.74, 6) is -0.234. The van der Waals surface area contributed by atoms with E-state index in [0.717, 1.165) is 5.56 Å². The Labute approximate surface area is 231 Å². The van der Waals surface area contributed by atoms with Gasteiger partial charge in [0.15, 0.2) is 17.3 Å². The molecule has 2 heterocycles. The topological polar surface area (TPSA) is 153 Å². The van der Waals surface area contributed by atoms with Crippen LogP contribution in [0.2, 0.25) is 0 Å². The summed E-state index contributed by atoms with van der Waals surface area (Å²) in [6, 6.07) is 11.6. The summed E-state index contributed by atoms with van der Waals surface area (Å²) >= 11 is 0. The lowest BCUT2D eigenvalue weighted by Crippen LogP contribution is -2.27. The lowest BCUT2D eigenvalue weighted by molar-refractivity contribution is -0.384. The number of ether oxygens (including phenoxy) is 2. The molecule has 40 heavy (non-hydrogen) atoms. The summed E-state index contributed by atoms with van der Waals surface area (Å²) in [4.78, 5) is 29.9. The van der Waals surface area contributed by atoms with Gasteiger partial charge in [0.05, 0.1) is 37.2 Å². The molecule has 210 valence electrons. The molecule has 0 fully saturated rings. The van der Waals surface area contributed by atoms with E-state index in [1.54, 1.807) is 34.1 Å². The van der Waals surface area contributed by atoms with Crippen molar-refractivity contribution in [1.82, 2.24) is 20.4 Å². The number of aliphatic carboxylic acids is 1. The zero-order valence-corrected chi connectivity index (χ0v) is 23.1. The van der Waals surface area contributed by atoms with Gasteiger partial charge in [-0.2, -0.15) is 4.98 Å². The number of aromatic nitrogens is 2. The van der Waals surface area contributed by atoms with Crippen molar-refractivity contribution in [3.05, 3.63) is 92.4 Å². The maximum absolute atomic E-state index is 12.4. The largest absolute Gasteiger partial charge is 0.493 e. The number of dihydropyridines is 1. The summed E-state index contributed by atoms with van der Waals surface area (Å²) in [7, 11) is 5.09. The van der Waals surface area contributed by atoms with Crippen LogP contribution in [0.3, 0.4) is 0 Å². The zero-order chi connectivity index (χ0) is 29.1. The highest BCUT2D eigenvalue weighted by Gasteiger charge is 2.37. The number of carbonyl (C=O) groups is 1. The Hall–Kier alpha value is -4.71. The Bertz CT molecular complexity index is 1510. The average molecular weight is 550 g/mol. The van der Waals surface area contributed by atoms with E-state index in [1.807, 2.05) is 37.1 Å². The number of nitrogens with one attached hydrogen (secondary N) is 1. The van der Waals surface area contributed by atoms with Gasteiger partial charge in [-0.15, -0.1) is 0 Å². The van der Waals surface area contributed by atoms with Gasteiger partial charge >= 0.3 is 5.97 Å². The Balaban J connectivity index is 1.66. The number of nitro benzene ring substituents is 1. The highest BCUT2D eigenvalue weighted by Crippen LogP contribution is 2.43. The SMILES string of the molecule is COc1ccc(C(C)N(C)Cc2noc(C3=C(C)NC(C)=C(C(=O)O)C3c3cccc([N+](=O)[O-])c3)n2)cc1OC. The van der Waals surface area contributed by atoms with Gasteiger partial charge in [0.1, 0.15) is 0 Å². The number of nitrogens with zero attached hydrogens (tertiary/aromatic N) is 4. The van der Waals surface area contributed by atoms with Gasteiger partial charge in [-0.3, -0.25) is 15.0 Å². The van der Waals surface area contributed by atoms with Gasteiger partial charge in [-0.05, 0) is 51.1 Å². The second-order valence-electron chi connectivity index (χ2n) is 9.51. The number of carboxylic acid groups (broad SMARTS) is 1. The van der Waals surface area contributed by atoms with Crippen LogP contribution in [0.4, 0.5) is 5.69 Å². The third-order valence-electron chi connectivity index (χ3n) is 7.05. The molecular formula is C28H31N5O7. The van der Waals surface area contributed by atoms with Gasteiger partial charge in [0.2, 0.25) is 0 Å². The molecule has 1 aromatic heterocycles. The minimum atomic E-state index is -1.16. The smallest absolute Gasteiger partial charge is 0.334 e. The van der Waals surface area contributed by atoms with Gasteiger partial charge in [-0.25, -0.2) is 4.79 Å². The van der Waals surface area contributed by atoms with Crippen LogP contribution in [0.15, 0.2) is 64.0 Å². The highest BCUT2D eigenvalue weighted by molar-refractivity contribution is 5.95. The molecule has 12 heteroatoms. The lowest BCUT2D eigenvalue weighted by Gasteiger charge is -2.29. The number of hydrogen-bond donors (Lipinski definition) is 2. The van der Waals surface area contributed by atoms with Crippen molar-refractivity contribution in [2.75, 3.05) is 21.3 Å². The molecule has 0 radical (unpaired) electrons. The third kappa shape index (κ3) is 5.52. The molecule has 4 rings (SSSR count). The van der Waals surface area contributed by atoms with Gasteiger partial charge in [0.25, 0.3) is 11.6 Å². The number of benzene rings is 2.